The molecule has 2 aromatic rings. The molecular formula is C24H31NO6. The van der Waals surface area contributed by atoms with Crippen LogP contribution in [0.3, 0.4) is 0 Å². The highest BCUT2D eigenvalue weighted by molar-refractivity contribution is 5.87. The summed E-state index contributed by atoms with van der Waals surface area (Å²) < 4.78 is 22.6. The predicted octanol–water partition coefficient (Wildman–Crippen LogP) is 4.47. The molecule has 0 unspecified atom stereocenters. The summed E-state index contributed by atoms with van der Waals surface area (Å²) >= 11 is 0. The number of fused-ring (bicyclic) bond motifs is 1. The maximum absolute atomic E-state index is 12.6. The molecule has 3 rings (SSSR count). The van der Waals surface area contributed by atoms with E-state index in [-0.39, 0.29) is 6.61 Å². The molecule has 0 radical (unpaired) electrons. The number of rotatable bonds is 7. The smallest absolute Gasteiger partial charge is 0.414 e. The average Bonchev–Trinajstić information content (AvgIpc) is 2.75. The van der Waals surface area contributed by atoms with Crippen LogP contribution in [0.5, 0.6) is 11.5 Å². The fourth-order valence-electron chi connectivity index (χ4n) is 3.49. The van der Waals surface area contributed by atoms with Crippen LogP contribution in [0.2, 0.25) is 0 Å². The number of aliphatic hydroxyl groups is 1. The highest BCUT2D eigenvalue weighted by Crippen LogP contribution is 2.43. The summed E-state index contributed by atoms with van der Waals surface area (Å²) in [5.41, 5.74) is 1.41. The highest BCUT2D eigenvalue weighted by Gasteiger charge is 2.43. The van der Waals surface area contributed by atoms with Crippen LogP contribution in [0.4, 0.5) is 10.5 Å². The molecule has 0 fully saturated rings. The number of aliphatic hydroxyl groups excluding tert-OH is 1. The molecule has 0 bridgehead atoms. The van der Waals surface area contributed by atoms with E-state index in [0.717, 1.165) is 11.3 Å². The third-order valence-corrected chi connectivity index (χ3v) is 5.28. The molecule has 1 amide bonds. The van der Waals surface area contributed by atoms with Crippen molar-refractivity contribution < 1.29 is 28.8 Å². The second-order valence-electron chi connectivity index (χ2n) is 7.94. The van der Waals surface area contributed by atoms with Gasteiger partial charge in [0.2, 0.25) is 0 Å². The number of amides is 1. The number of ether oxygens (including phenoxy) is 4. The van der Waals surface area contributed by atoms with Gasteiger partial charge in [0, 0.05) is 24.9 Å². The molecule has 168 valence electrons. The van der Waals surface area contributed by atoms with Crippen LogP contribution in [0.1, 0.15) is 44.9 Å². The third-order valence-electron chi connectivity index (χ3n) is 5.28. The van der Waals surface area contributed by atoms with Gasteiger partial charge in [-0.3, -0.25) is 4.90 Å². The second-order valence-corrected chi connectivity index (χ2v) is 7.94. The Morgan fingerprint density at radius 1 is 1.13 bits per heavy atom. The first kappa shape index (κ1) is 22.9. The zero-order chi connectivity index (χ0) is 22.6. The molecule has 2 aromatic carbocycles. The van der Waals surface area contributed by atoms with E-state index in [1.807, 2.05) is 52.0 Å². The number of hydrogen-bond donors (Lipinski definition) is 1. The van der Waals surface area contributed by atoms with Gasteiger partial charge in [-0.05, 0) is 63.6 Å². The van der Waals surface area contributed by atoms with Crippen molar-refractivity contribution in [3.8, 4) is 11.5 Å². The third kappa shape index (κ3) is 5.11. The molecule has 0 saturated carbocycles. The normalized spacial score (nSPS) is 19.2. The fraction of sp³-hybridized carbons (Fsp3) is 0.458. The molecule has 7 heteroatoms. The van der Waals surface area contributed by atoms with E-state index in [9.17, 15) is 9.90 Å². The van der Waals surface area contributed by atoms with Gasteiger partial charge in [0.1, 0.15) is 35.9 Å². The van der Waals surface area contributed by atoms with Crippen LogP contribution in [-0.4, -0.2) is 43.2 Å². The zero-order valence-electron chi connectivity index (χ0n) is 18.8. The fourth-order valence-corrected chi connectivity index (χ4v) is 3.49. The average molecular weight is 430 g/mol. The number of benzene rings is 2. The first-order valence-electron chi connectivity index (χ1n) is 10.5. The van der Waals surface area contributed by atoms with Crippen LogP contribution < -0.4 is 14.4 Å². The van der Waals surface area contributed by atoms with E-state index in [2.05, 4.69) is 0 Å². The lowest BCUT2D eigenvalue weighted by Gasteiger charge is -2.42. The molecule has 1 aliphatic heterocycles. The van der Waals surface area contributed by atoms with Crippen molar-refractivity contribution in [2.24, 2.45) is 0 Å². The Morgan fingerprint density at radius 2 is 1.84 bits per heavy atom. The van der Waals surface area contributed by atoms with Crippen LogP contribution in [0, 0.1) is 0 Å². The lowest BCUT2D eigenvalue weighted by Crippen LogP contribution is -2.49. The first-order valence-corrected chi connectivity index (χ1v) is 10.5. The van der Waals surface area contributed by atoms with Gasteiger partial charge >= 0.3 is 6.09 Å². The van der Waals surface area contributed by atoms with Gasteiger partial charge in [-0.25, -0.2) is 4.79 Å². The molecule has 0 spiro atoms. The lowest BCUT2D eigenvalue weighted by atomic mass is 9.88. The van der Waals surface area contributed by atoms with Gasteiger partial charge in [0.25, 0.3) is 0 Å². The summed E-state index contributed by atoms with van der Waals surface area (Å²) in [5, 5.41) is 10.7. The van der Waals surface area contributed by atoms with Gasteiger partial charge in [-0.15, -0.1) is 0 Å². The Morgan fingerprint density at radius 3 is 2.48 bits per heavy atom. The minimum atomic E-state index is -0.841. The van der Waals surface area contributed by atoms with Crippen molar-refractivity contribution in [2.45, 2.75) is 52.1 Å². The molecule has 0 saturated heterocycles. The summed E-state index contributed by atoms with van der Waals surface area (Å²) in [4.78, 5) is 14.0. The zero-order valence-corrected chi connectivity index (χ0v) is 18.8. The topological polar surface area (TPSA) is 77.5 Å². The minimum Gasteiger partial charge on any atom is -0.494 e. The Labute approximate surface area is 183 Å². The molecule has 7 nitrogen and oxygen atoms in total. The van der Waals surface area contributed by atoms with Crippen molar-refractivity contribution in [1.82, 2.24) is 0 Å². The number of carbonyl (C=O) groups excluding carboxylic acids is 1. The van der Waals surface area contributed by atoms with Crippen molar-refractivity contribution in [1.29, 1.82) is 0 Å². The molecule has 0 aliphatic carbocycles. The summed E-state index contributed by atoms with van der Waals surface area (Å²) in [6, 6.07) is 12.8. The van der Waals surface area contributed by atoms with E-state index >= 15 is 0 Å². The van der Waals surface area contributed by atoms with E-state index < -0.39 is 23.9 Å². The summed E-state index contributed by atoms with van der Waals surface area (Å²) in [6.07, 6.45) is -1.87. The quantitative estimate of drug-likeness (QED) is 0.700. The first-order chi connectivity index (χ1) is 14.8. The van der Waals surface area contributed by atoms with Crippen LogP contribution in [-0.2, 0) is 16.1 Å². The number of hydrogen-bond acceptors (Lipinski definition) is 6. The van der Waals surface area contributed by atoms with E-state index in [1.54, 1.807) is 25.2 Å². The molecule has 31 heavy (non-hydrogen) atoms. The maximum Gasteiger partial charge on any atom is 0.414 e. The maximum atomic E-state index is 12.6. The monoisotopic (exact) mass is 429 g/mol. The minimum absolute atomic E-state index is 0.151. The second kappa shape index (κ2) is 9.58. The number of anilines is 1. The van der Waals surface area contributed by atoms with Gasteiger partial charge < -0.3 is 24.1 Å². The van der Waals surface area contributed by atoms with Gasteiger partial charge in [0.05, 0.1) is 6.61 Å². The molecular weight excluding hydrogens is 398 g/mol. The van der Waals surface area contributed by atoms with Gasteiger partial charge in [0.15, 0.2) is 0 Å². The Balaban J connectivity index is 1.71. The lowest BCUT2D eigenvalue weighted by molar-refractivity contribution is -0.132. The van der Waals surface area contributed by atoms with Crippen LogP contribution >= 0.6 is 0 Å². The number of nitrogens with zero attached hydrogens (tertiary/aromatic N) is 1. The molecule has 0 aromatic heterocycles. The summed E-state index contributed by atoms with van der Waals surface area (Å²) in [7, 11) is 1.64. The summed E-state index contributed by atoms with van der Waals surface area (Å²) in [6.45, 7) is 8.65. The van der Waals surface area contributed by atoms with Crippen molar-refractivity contribution >= 4 is 11.8 Å². The van der Waals surface area contributed by atoms with Crippen LogP contribution in [0.15, 0.2) is 42.5 Å². The molecule has 1 N–H and O–H groups in total. The number of carbonyl (C=O) groups is 1. The Hall–Kier alpha value is -2.77. The Kier molecular flexibility index (Phi) is 7.08. The van der Waals surface area contributed by atoms with Gasteiger partial charge in [-0.1, -0.05) is 12.1 Å². The SMILES string of the molecule is CCOc1ccc(COC(=O)N(C)c2ccc3c(c2)[C@@H](OCC)[C@H](O)C(C)(C)O3)cc1. The van der Waals surface area contributed by atoms with Crippen molar-refractivity contribution in [3.05, 3.63) is 53.6 Å². The standard InChI is InChI=1S/C24H31NO6/c1-6-28-18-11-8-16(9-12-18)15-30-23(27)25(5)17-10-13-20-19(14-17)21(29-7-2)22(26)24(3,4)31-20/h8-14,21-22,26H,6-7,15H2,1-5H3/t21-,22+/m1/s1. The van der Waals surface area contributed by atoms with Crippen molar-refractivity contribution in [3.63, 3.8) is 0 Å². The van der Waals surface area contributed by atoms with Gasteiger partial charge in [-0.2, -0.15) is 0 Å². The van der Waals surface area contributed by atoms with Crippen molar-refractivity contribution in [2.75, 3.05) is 25.2 Å². The van der Waals surface area contributed by atoms with Crippen LogP contribution in [0.25, 0.3) is 0 Å². The van der Waals surface area contributed by atoms with E-state index in [4.69, 9.17) is 18.9 Å². The largest absolute Gasteiger partial charge is 0.494 e. The molecule has 1 aliphatic rings. The predicted molar refractivity (Wildman–Crippen MR) is 118 cm³/mol. The van der Waals surface area contributed by atoms with E-state index in [1.165, 1.54) is 4.90 Å². The Bertz CT molecular complexity index is 895. The molecule has 2 atom stereocenters. The molecule has 1 heterocycles. The summed E-state index contributed by atoms with van der Waals surface area (Å²) in [5.74, 6) is 1.41. The highest BCUT2D eigenvalue weighted by atomic mass is 16.6. The van der Waals surface area contributed by atoms with E-state index in [0.29, 0.717) is 30.2 Å².